The van der Waals surface area contributed by atoms with Crippen LogP contribution >= 0.6 is 11.6 Å². The monoisotopic (exact) mass is 310 g/mol. The molecule has 0 radical (unpaired) electrons. The van der Waals surface area contributed by atoms with Crippen LogP contribution < -0.4 is 9.64 Å². The minimum Gasteiger partial charge on any atom is -0.463 e. The quantitative estimate of drug-likeness (QED) is 0.815. The molecule has 21 heavy (non-hydrogen) atoms. The summed E-state index contributed by atoms with van der Waals surface area (Å²) in [5.74, 6) is -0.0967. The second-order valence-electron chi connectivity index (χ2n) is 4.23. The largest absolute Gasteiger partial charge is 0.463 e. The number of hydrogen-bond donors (Lipinski definition) is 0. The van der Waals surface area contributed by atoms with Gasteiger partial charge in [0.05, 0.1) is 12.3 Å². The Morgan fingerprint density at radius 3 is 2.62 bits per heavy atom. The molecule has 5 nitrogen and oxygen atoms in total. The topological polar surface area (TPSA) is 51.1 Å². The van der Waals surface area contributed by atoms with Gasteiger partial charge >= 0.3 is 6.01 Å². The number of benzene rings is 1. The number of anilines is 2. The molecular formula is C14H16ClFN4O. The van der Waals surface area contributed by atoms with Gasteiger partial charge in [-0.25, -0.2) is 4.39 Å². The van der Waals surface area contributed by atoms with Crippen LogP contribution in [0.15, 0.2) is 24.3 Å². The van der Waals surface area contributed by atoms with Crippen LogP contribution in [0.25, 0.3) is 0 Å². The first-order chi connectivity index (χ1) is 10.2. The minimum absolute atomic E-state index is 0.0147. The molecule has 112 valence electrons. The maximum Gasteiger partial charge on any atom is 0.322 e. The van der Waals surface area contributed by atoms with Gasteiger partial charge in [-0.05, 0) is 37.1 Å². The van der Waals surface area contributed by atoms with Gasteiger partial charge in [0.1, 0.15) is 5.82 Å². The molecule has 0 N–H and O–H groups in total. The number of para-hydroxylation sites is 1. The Bertz CT molecular complexity index is 611. The van der Waals surface area contributed by atoms with Gasteiger partial charge in [0.15, 0.2) is 0 Å². The number of aromatic nitrogens is 3. The van der Waals surface area contributed by atoms with Crippen molar-refractivity contribution in [3.8, 4) is 6.01 Å². The van der Waals surface area contributed by atoms with Gasteiger partial charge in [-0.15, -0.1) is 0 Å². The van der Waals surface area contributed by atoms with E-state index in [1.54, 1.807) is 23.1 Å². The van der Waals surface area contributed by atoms with Crippen molar-refractivity contribution in [1.29, 1.82) is 0 Å². The lowest BCUT2D eigenvalue weighted by molar-refractivity contribution is 0.291. The molecule has 0 unspecified atom stereocenters. The van der Waals surface area contributed by atoms with E-state index in [1.165, 1.54) is 6.07 Å². The number of hydrogen-bond acceptors (Lipinski definition) is 5. The van der Waals surface area contributed by atoms with Crippen LogP contribution in [-0.2, 0) is 0 Å². The number of nitrogens with zero attached hydrogens (tertiary/aromatic N) is 4. The van der Waals surface area contributed by atoms with Gasteiger partial charge < -0.3 is 9.64 Å². The van der Waals surface area contributed by atoms with Crippen molar-refractivity contribution in [2.24, 2.45) is 0 Å². The molecule has 7 heteroatoms. The Morgan fingerprint density at radius 2 is 1.95 bits per heavy atom. The third-order valence-electron chi connectivity index (χ3n) is 2.71. The number of rotatable bonds is 6. The van der Waals surface area contributed by atoms with Crippen molar-refractivity contribution in [2.45, 2.75) is 20.3 Å². The number of halogens is 2. The molecule has 1 heterocycles. The second-order valence-corrected chi connectivity index (χ2v) is 4.57. The minimum atomic E-state index is -0.355. The van der Waals surface area contributed by atoms with Crippen LogP contribution in [0.1, 0.15) is 20.3 Å². The molecule has 0 spiro atoms. The Balaban J connectivity index is 2.38. The zero-order valence-corrected chi connectivity index (χ0v) is 12.6. The second kappa shape index (κ2) is 7.17. The zero-order valence-electron chi connectivity index (χ0n) is 11.9. The molecule has 1 aromatic carbocycles. The van der Waals surface area contributed by atoms with Crippen LogP contribution in [0.3, 0.4) is 0 Å². The van der Waals surface area contributed by atoms with Crippen molar-refractivity contribution in [1.82, 2.24) is 15.0 Å². The average molecular weight is 311 g/mol. The molecule has 2 rings (SSSR count). The van der Waals surface area contributed by atoms with Crippen LogP contribution in [-0.4, -0.2) is 28.1 Å². The van der Waals surface area contributed by atoms with Crippen molar-refractivity contribution in [3.63, 3.8) is 0 Å². The van der Waals surface area contributed by atoms with Gasteiger partial charge in [-0.2, -0.15) is 15.0 Å². The number of ether oxygens (including phenoxy) is 1. The predicted octanol–water partition coefficient (Wildman–Crippen LogP) is 3.61. The van der Waals surface area contributed by atoms with Gasteiger partial charge in [-0.1, -0.05) is 19.1 Å². The normalized spacial score (nSPS) is 10.5. The molecule has 0 saturated heterocycles. The third-order valence-corrected chi connectivity index (χ3v) is 2.88. The van der Waals surface area contributed by atoms with E-state index in [0.29, 0.717) is 18.8 Å². The Kier molecular flexibility index (Phi) is 5.27. The fourth-order valence-electron chi connectivity index (χ4n) is 1.79. The van der Waals surface area contributed by atoms with E-state index in [9.17, 15) is 4.39 Å². The van der Waals surface area contributed by atoms with E-state index in [0.717, 1.165) is 6.42 Å². The summed E-state index contributed by atoms with van der Waals surface area (Å²) in [6.07, 6.45) is 0.823. The van der Waals surface area contributed by atoms with Gasteiger partial charge in [0.2, 0.25) is 11.2 Å². The first kappa shape index (κ1) is 15.4. The Morgan fingerprint density at radius 1 is 1.19 bits per heavy atom. The fourth-order valence-corrected chi connectivity index (χ4v) is 1.94. The fraction of sp³-hybridized carbons (Fsp3) is 0.357. The van der Waals surface area contributed by atoms with Crippen molar-refractivity contribution >= 4 is 23.2 Å². The summed E-state index contributed by atoms with van der Waals surface area (Å²) in [7, 11) is 0. The van der Waals surface area contributed by atoms with Crippen molar-refractivity contribution in [2.75, 3.05) is 18.1 Å². The average Bonchev–Trinajstić information content (AvgIpc) is 2.47. The molecule has 0 aliphatic heterocycles. The first-order valence-electron chi connectivity index (χ1n) is 6.72. The van der Waals surface area contributed by atoms with Crippen LogP contribution in [0.4, 0.5) is 16.0 Å². The van der Waals surface area contributed by atoms with Gasteiger partial charge in [-0.3, -0.25) is 0 Å². The van der Waals surface area contributed by atoms with E-state index in [-0.39, 0.29) is 23.1 Å². The molecule has 0 aliphatic rings. The highest BCUT2D eigenvalue weighted by Gasteiger charge is 2.16. The molecular weight excluding hydrogens is 295 g/mol. The van der Waals surface area contributed by atoms with Crippen LogP contribution in [0, 0.1) is 5.82 Å². The van der Waals surface area contributed by atoms with Crippen molar-refractivity contribution < 1.29 is 9.13 Å². The summed E-state index contributed by atoms with van der Waals surface area (Å²) in [6, 6.07) is 6.56. The van der Waals surface area contributed by atoms with E-state index < -0.39 is 0 Å². The molecule has 0 atom stereocenters. The SMILES string of the molecule is CCCOc1nc(Cl)nc(N(CC)c2ccccc2F)n1. The molecule has 0 fully saturated rings. The van der Waals surface area contributed by atoms with E-state index in [2.05, 4.69) is 15.0 Å². The summed E-state index contributed by atoms with van der Waals surface area (Å²) in [5.41, 5.74) is 0.378. The van der Waals surface area contributed by atoms with E-state index in [1.807, 2.05) is 13.8 Å². The molecule has 2 aromatic rings. The molecule has 0 amide bonds. The summed E-state index contributed by atoms with van der Waals surface area (Å²) < 4.78 is 19.3. The van der Waals surface area contributed by atoms with Crippen LogP contribution in [0.2, 0.25) is 5.28 Å². The van der Waals surface area contributed by atoms with Gasteiger partial charge in [0.25, 0.3) is 0 Å². The third kappa shape index (κ3) is 3.78. The maximum atomic E-state index is 13.9. The first-order valence-corrected chi connectivity index (χ1v) is 7.10. The van der Waals surface area contributed by atoms with Gasteiger partial charge in [0, 0.05) is 6.54 Å². The summed E-state index contributed by atoms with van der Waals surface area (Å²) in [4.78, 5) is 13.8. The van der Waals surface area contributed by atoms with E-state index in [4.69, 9.17) is 16.3 Å². The lowest BCUT2D eigenvalue weighted by Crippen LogP contribution is -2.21. The predicted molar refractivity (Wildman–Crippen MR) is 79.7 cm³/mol. The Hall–Kier alpha value is -1.95. The van der Waals surface area contributed by atoms with Crippen LogP contribution in [0.5, 0.6) is 6.01 Å². The maximum absolute atomic E-state index is 13.9. The summed E-state index contributed by atoms with van der Waals surface area (Å²) in [5, 5.41) is 0.0147. The Labute approximate surface area is 127 Å². The van der Waals surface area contributed by atoms with Crippen molar-refractivity contribution in [3.05, 3.63) is 35.4 Å². The lowest BCUT2D eigenvalue weighted by Gasteiger charge is -2.21. The molecule has 0 saturated carbocycles. The molecule has 0 aliphatic carbocycles. The highest BCUT2D eigenvalue weighted by atomic mass is 35.5. The standard InChI is InChI=1S/C14H16ClFN4O/c1-3-9-21-14-18-12(15)17-13(19-14)20(4-2)11-8-6-5-7-10(11)16/h5-8H,3-4,9H2,1-2H3. The smallest absolute Gasteiger partial charge is 0.322 e. The summed E-state index contributed by atoms with van der Waals surface area (Å²) >= 11 is 5.89. The molecule has 1 aromatic heterocycles. The lowest BCUT2D eigenvalue weighted by atomic mass is 10.3. The summed E-state index contributed by atoms with van der Waals surface area (Å²) in [6.45, 7) is 4.80. The highest BCUT2D eigenvalue weighted by Crippen LogP contribution is 2.26. The highest BCUT2D eigenvalue weighted by molar-refractivity contribution is 6.28. The van der Waals surface area contributed by atoms with E-state index >= 15 is 0 Å². The zero-order chi connectivity index (χ0) is 15.2. The molecule has 0 bridgehead atoms.